The Morgan fingerprint density at radius 2 is 1.59 bits per heavy atom. The van der Waals surface area contributed by atoms with E-state index in [4.69, 9.17) is 0 Å². The van der Waals surface area contributed by atoms with E-state index < -0.39 is 29.4 Å². The van der Waals surface area contributed by atoms with Gasteiger partial charge in [-0.05, 0) is 54.3 Å². The number of aryl methyl sites for hydroxylation is 1. The van der Waals surface area contributed by atoms with Gasteiger partial charge in [0.15, 0.2) is 0 Å². The minimum absolute atomic E-state index is 0.00507. The van der Waals surface area contributed by atoms with Crippen molar-refractivity contribution in [3.05, 3.63) is 103 Å². The smallest absolute Gasteiger partial charge is 0.339 e. The van der Waals surface area contributed by atoms with E-state index in [1.807, 2.05) is 66.4 Å². The van der Waals surface area contributed by atoms with Gasteiger partial charge >= 0.3 is 12.0 Å². The Morgan fingerprint density at radius 3 is 2.27 bits per heavy atom. The molecule has 2 aromatic heterocycles. The Hall–Kier alpha value is -4.96. The number of carbonyl (C=O) groups is 3. The van der Waals surface area contributed by atoms with E-state index in [2.05, 4.69) is 15.0 Å². The summed E-state index contributed by atoms with van der Waals surface area (Å²) in [6.45, 7) is 2.82. The quantitative estimate of drug-likeness (QED) is 0.357. The van der Waals surface area contributed by atoms with E-state index in [0.717, 1.165) is 27.3 Å². The lowest BCUT2D eigenvalue weighted by atomic mass is 9.76. The van der Waals surface area contributed by atoms with Gasteiger partial charge in [0.05, 0.1) is 11.4 Å². The van der Waals surface area contributed by atoms with Crippen molar-refractivity contribution in [2.45, 2.75) is 25.4 Å². The Balaban J connectivity index is 1.39. The fourth-order valence-corrected chi connectivity index (χ4v) is 5.83. The van der Waals surface area contributed by atoms with E-state index in [-0.39, 0.29) is 18.9 Å². The fourth-order valence-electron chi connectivity index (χ4n) is 5.83. The average Bonchev–Trinajstić information content (AvgIpc) is 3.21. The van der Waals surface area contributed by atoms with Crippen molar-refractivity contribution < 1.29 is 19.5 Å². The van der Waals surface area contributed by atoms with Crippen LogP contribution in [0.2, 0.25) is 0 Å². The second-order valence-electron chi connectivity index (χ2n) is 10.3. The number of carboxylic acid groups (broad SMARTS) is 1. The van der Waals surface area contributed by atoms with E-state index in [9.17, 15) is 19.5 Å². The van der Waals surface area contributed by atoms with Crippen LogP contribution in [-0.2, 0) is 16.1 Å². The topological polar surface area (TPSA) is 120 Å². The second kappa shape index (κ2) is 10.5. The van der Waals surface area contributed by atoms with Gasteiger partial charge in [-0.3, -0.25) is 19.5 Å². The van der Waals surface area contributed by atoms with Crippen molar-refractivity contribution in [3.63, 3.8) is 0 Å². The molecule has 0 aliphatic carbocycles. The van der Waals surface area contributed by atoms with Crippen LogP contribution in [0, 0.1) is 12.8 Å². The summed E-state index contributed by atoms with van der Waals surface area (Å²) in [5.41, 5.74) is 2.41. The van der Waals surface area contributed by atoms with Crippen molar-refractivity contribution >= 4 is 29.5 Å². The Morgan fingerprint density at radius 1 is 0.902 bits per heavy atom. The monoisotopic (exact) mass is 548 g/mol. The maximum Gasteiger partial charge on any atom is 0.339 e. The number of aliphatic carboxylic acids is 1. The standard InChI is InChI=1S/C31H28N6O4/c1-21-7-5-15-32-26(21)20-35-18-14-31(25(19-35)27(38)39)28(40)36(30(41)37(31)29-33-16-6-17-34-29)24-12-10-23(11-13-24)22-8-3-2-4-9-22/h2-13,15-17,25H,14,18-20H2,1H3,(H,38,39). The highest BCUT2D eigenvalue weighted by atomic mass is 16.4. The zero-order valence-corrected chi connectivity index (χ0v) is 22.4. The predicted molar refractivity (Wildman–Crippen MR) is 152 cm³/mol. The number of nitrogens with zero attached hydrogens (tertiary/aromatic N) is 6. The molecular formula is C31H28N6O4. The van der Waals surface area contributed by atoms with E-state index in [1.54, 1.807) is 24.4 Å². The first-order valence-electron chi connectivity index (χ1n) is 13.4. The van der Waals surface area contributed by atoms with E-state index in [0.29, 0.717) is 18.8 Å². The molecule has 0 bridgehead atoms. The van der Waals surface area contributed by atoms with Gasteiger partial charge in [0.2, 0.25) is 5.95 Å². The zero-order chi connectivity index (χ0) is 28.6. The molecule has 1 N–H and O–H groups in total. The van der Waals surface area contributed by atoms with Gasteiger partial charge in [-0.25, -0.2) is 24.6 Å². The highest BCUT2D eigenvalue weighted by molar-refractivity contribution is 6.31. The van der Waals surface area contributed by atoms with Crippen LogP contribution in [0.3, 0.4) is 0 Å². The summed E-state index contributed by atoms with van der Waals surface area (Å²) >= 11 is 0. The predicted octanol–water partition coefficient (Wildman–Crippen LogP) is 4.17. The normalized spacial score (nSPS) is 21.0. The molecular weight excluding hydrogens is 520 g/mol. The molecule has 0 radical (unpaired) electrons. The third kappa shape index (κ3) is 4.52. The number of hydrogen-bond acceptors (Lipinski definition) is 7. The van der Waals surface area contributed by atoms with E-state index in [1.165, 1.54) is 17.3 Å². The molecule has 2 fully saturated rings. The maximum atomic E-state index is 14.4. The number of likely N-dealkylation sites (tertiary alicyclic amines) is 1. The van der Waals surface area contributed by atoms with Crippen molar-refractivity contribution in [2.75, 3.05) is 22.9 Å². The first-order valence-corrected chi connectivity index (χ1v) is 13.4. The van der Waals surface area contributed by atoms with Crippen LogP contribution in [0.1, 0.15) is 17.7 Å². The van der Waals surface area contributed by atoms with Crippen LogP contribution >= 0.6 is 0 Å². The van der Waals surface area contributed by atoms with Crippen molar-refractivity contribution in [3.8, 4) is 11.1 Å². The third-order valence-electron chi connectivity index (χ3n) is 7.96. The summed E-state index contributed by atoms with van der Waals surface area (Å²) in [4.78, 5) is 58.5. The number of carbonyl (C=O) groups excluding carboxylic acids is 2. The Kier molecular flexibility index (Phi) is 6.76. The molecule has 41 heavy (non-hydrogen) atoms. The number of anilines is 2. The van der Waals surface area contributed by atoms with Crippen molar-refractivity contribution in [1.82, 2.24) is 19.9 Å². The largest absolute Gasteiger partial charge is 0.481 e. The van der Waals surface area contributed by atoms with Gasteiger partial charge in [0.25, 0.3) is 5.91 Å². The number of hydrogen-bond donors (Lipinski definition) is 1. The number of pyridine rings is 1. The summed E-state index contributed by atoms with van der Waals surface area (Å²) in [6.07, 6.45) is 4.74. The number of urea groups is 1. The van der Waals surface area contributed by atoms with Crippen molar-refractivity contribution in [2.24, 2.45) is 5.92 Å². The van der Waals surface area contributed by atoms with Crippen LogP contribution in [0.5, 0.6) is 0 Å². The van der Waals surface area contributed by atoms with Crippen LogP contribution in [0.4, 0.5) is 16.4 Å². The molecule has 2 aromatic carbocycles. The third-order valence-corrected chi connectivity index (χ3v) is 7.96. The first-order chi connectivity index (χ1) is 19.9. The summed E-state index contributed by atoms with van der Waals surface area (Å²) in [7, 11) is 0. The van der Waals surface area contributed by atoms with Gasteiger partial charge in [0.1, 0.15) is 11.5 Å². The summed E-state index contributed by atoms with van der Waals surface area (Å²) in [5, 5.41) is 10.5. The van der Waals surface area contributed by atoms with Crippen LogP contribution in [0.15, 0.2) is 91.4 Å². The highest BCUT2D eigenvalue weighted by Crippen LogP contribution is 2.44. The zero-order valence-electron chi connectivity index (χ0n) is 22.4. The minimum atomic E-state index is -1.70. The number of carboxylic acids is 1. The average molecular weight is 549 g/mol. The fraction of sp³-hybridized carbons (Fsp3) is 0.226. The molecule has 2 aliphatic heterocycles. The number of amides is 3. The lowest BCUT2D eigenvalue weighted by Gasteiger charge is -2.45. The number of benzene rings is 2. The number of imide groups is 1. The molecule has 2 unspecified atom stereocenters. The number of rotatable bonds is 6. The van der Waals surface area contributed by atoms with Crippen LogP contribution in [0.25, 0.3) is 11.1 Å². The molecule has 2 saturated heterocycles. The summed E-state index contributed by atoms with van der Waals surface area (Å²) < 4.78 is 0. The SMILES string of the molecule is Cc1cccnc1CN1CCC2(C(=O)N(c3ccc(-c4ccccc4)cc3)C(=O)N2c2ncccn2)C(C(=O)O)C1. The molecule has 6 rings (SSSR count). The molecule has 2 atom stereocenters. The molecule has 1 spiro atoms. The lowest BCUT2D eigenvalue weighted by Crippen LogP contribution is -2.65. The number of piperidine rings is 1. The second-order valence-corrected chi connectivity index (χ2v) is 10.3. The molecule has 10 heteroatoms. The lowest BCUT2D eigenvalue weighted by molar-refractivity contribution is -0.150. The molecule has 4 aromatic rings. The Bertz CT molecular complexity index is 1600. The van der Waals surface area contributed by atoms with Crippen LogP contribution in [-0.4, -0.2) is 61.5 Å². The first kappa shape index (κ1) is 26.3. The summed E-state index contributed by atoms with van der Waals surface area (Å²) in [6, 6.07) is 21.6. The van der Waals surface area contributed by atoms with Crippen molar-refractivity contribution in [1.29, 1.82) is 0 Å². The molecule has 3 amide bonds. The number of aromatic nitrogens is 3. The minimum Gasteiger partial charge on any atom is -0.481 e. The van der Waals surface area contributed by atoms with Gasteiger partial charge < -0.3 is 5.11 Å². The Labute approximate surface area is 236 Å². The van der Waals surface area contributed by atoms with Gasteiger partial charge in [-0.15, -0.1) is 0 Å². The van der Waals surface area contributed by atoms with Gasteiger partial charge in [0, 0.05) is 38.2 Å². The highest BCUT2D eigenvalue weighted by Gasteiger charge is 2.66. The van der Waals surface area contributed by atoms with Gasteiger partial charge in [-0.2, -0.15) is 0 Å². The maximum absolute atomic E-state index is 14.4. The molecule has 2 aliphatic rings. The molecule has 10 nitrogen and oxygen atoms in total. The van der Waals surface area contributed by atoms with Crippen LogP contribution < -0.4 is 9.80 Å². The van der Waals surface area contributed by atoms with Gasteiger partial charge in [-0.1, -0.05) is 48.5 Å². The van der Waals surface area contributed by atoms with E-state index >= 15 is 0 Å². The molecule has 206 valence electrons. The molecule has 4 heterocycles. The summed E-state index contributed by atoms with van der Waals surface area (Å²) in [5.74, 6) is -3.00. The molecule has 0 saturated carbocycles.